The molecule has 1 aromatic carbocycles. The van der Waals surface area contributed by atoms with Crippen LogP contribution >= 0.6 is 15.9 Å². The van der Waals surface area contributed by atoms with Gasteiger partial charge in [-0.15, -0.1) is 0 Å². The van der Waals surface area contributed by atoms with E-state index in [0.717, 1.165) is 28.4 Å². The predicted octanol–water partition coefficient (Wildman–Crippen LogP) is 3.41. The minimum Gasteiger partial charge on any atom is -0.506 e. The van der Waals surface area contributed by atoms with Gasteiger partial charge in [0.15, 0.2) is 0 Å². The van der Waals surface area contributed by atoms with E-state index in [-0.39, 0.29) is 12.2 Å². The molecule has 0 atom stereocenters. The molecule has 0 spiro atoms. The van der Waals surface area contributed by atoms with Gasteiger partial charge < -0.3 is 5.11 Å². The number of fused-ring (bicyclic) bond motifs is 1. The first-order valence-corrected chi connectivity index (χ1v) is 6.34. The summed E-state index contributed by atoms with van der Waals surface area (Å²) in [5.74, 6) is 0.264. The Morgan fingerprint density at radius 2 is 1.94 bits per heavy atom. The average Bonchev–Trinajstić information content (AvgIpc) is 2.32. The summed E-state index contributed by atoms with van der Waals surface area (Å²) < 4.78 is 0.804. The number of hydrogen-bond acceptors (Lipinski definition) is 2. The minimum absolute atomic E-state index is 0.264. The van der Waals surface area contributed by atoms with Crippen LogP contribution in [0.4, 0.5) is 0 Å². The molecule has 3 heteroatoms. The Morgan fingerprint density at radius 1 is 1.31 bits per heavy atom. The molecule has 2 rings (SSSR count). The Bertz CT molecular complexity index is 474. The van der Waals surface area contributed by atoms with Gasteiger partial charge in [-0.25, -0.2) is 0 Å². The molecule has 0 bridgehead atoms. The van der Waals surface area contributed by atoms with Gasteiger partial charge in [0.2, 0.25) is 0 Å². The molecule has 1 aromatic rings. The molecule has 0 aliphatic heterocycles. The highest BCUT2D eigenvalue weighted by atomic mass is 79.9. The molecular formula is C13H14BrNO. The predicted molar refractivity (Wildman–Crippen MR) is 66.5 cm³/mol. The maximum Gasteiger partial charge on any atom is 0.134 e. The zero-order chi connectivity index (χ0) is 11.7. The number of rotatable bonds is 1. The van der Waals surface area contributed by atoms with Gasteiger partial charge in [0.05, 0.1) is 17.0 Å². The quantitative estimate of drug-likeness (QED) is 0.856. The lowest BCUT2D eigenvalue weighted by Crippen LogP contribution is -2.08. The Labute approximate surface area is 104 Å². The molecule has 1 aliphatic carbocycles. The Hall–Kier alpha value is -1.01. The first-order chi connectivity index (χ1) is 7.66. The van der Waals surface area contributed by atoms with E-state index in [9.17, 15) is 5.11 Å². The largest absolute Gasteiger partial charge is 0.506 e. The molecule has 0 amide bonds. The standard InChI is InChI=1S/C13H14BrNO/c1-8-9-4-2-3-5-11(9)12(14)13(16)10(8)6-7-15/h16H,2-6H2,1H3. The summed E-state index contributed by atoms with van der Waals surface area (Å²) in [6, 6.07) is 2.12. The first-order valence-electron chi connectivity index (χ1n) is 5.55. The van der Waals surface area contributed by atoms with Crippen LogP contribution in [0.2, 0.25) is 0 Å². The van der Waals surface area contributed by atoms with Crippen molar-refractivity contribution in [3.8, 4) is 11.8 Å². The maximum absolute atomic E-state index is 10.1. The van der Waals surface area contributed by atoms with Crippen LogP contribution in [0.5, 0.6) is 5.75 Å². The van der Waals surface area contributed by atoms with E-state index < -0.39 is 0 Å². The van der Waals surface area contributed by atoms with Crippen LogP contribution in [0.3, 0.4) is 0 Å². The summed E-state index contributed by atoms with van der Waals surface area (Å²) >= 11 is 3.46. The highest BCUT2D eigenvalue weighted by Gasteiger charge is 2.21. The summed E-state index contributed by atoms with van der Waals surface area (Å²) in [7, 11) is 0. The molecule has 0 fully saturated rings. The minimum atomic E-state index is 0.264. The fraction of sp³-hybridized carbons (Fsp3) is 0.462. The molecule has 0 unspecified atom stereocenters. The fourth-order valence-electron chi connectivity index (χ4n) is 2.49. The summed E-state index contributed by atoms with van der Waals surface area (Å²) in [4.78, 5) is 0. The van der Waals surface area contributed by atoms with Gasteiger partial charge >= 0.3 is 0 Å². The molecular weight excluding hydrogens is 266 g/mol. The molecule has 1 aliphatic rings. The highest BCUT2D eigenvalue weighted by molar-refractivity contribution is 9.10. The fourth-order valence-corrected chi connectivity index (χ4v) is 3.17. The van der Waals surface area contributed by atoms with Crippen molar-refractivity contribution >= 4 is 15.9 Å². The Kier molecular flexibility index (Phi) is 3.20. The number of benzene rings is 1. The van der Waals surface area contributed by atoms with E-state index in [2.05, 4.69) is 22.0 Å². The molecule has 2 nitrogen and oxygen atoms in total. The van der Waals surface area contributed by atoms with Crippen molar-refractivity contribution in [3.63, 3.8) is 0 Å². The molecule has 0 heterocycles. The monoisotopic (exact) mass is 279 g/mol. The van der Waals surface area contributed by atoms with Gasteiger partial charge in [0.1, 0.15) is 5.75 Å². The summed E-state index contributed by atoms with van der Waals surface area (Å²) in [6.45, 7) is 2.02. The Balaban J connectivity index is 2.66. The summed E-state index contributed by atoms with van der Waals surface area (Å²) in [5.41, 5.74) is 4.47. The zero-order valence-electron chi connectivity index (χ0n) is 9.31. The number of nitriles is 1. The Morgan fingerprint density at radius 3 is 2.56 bits per heavy atom. The molecule has 16 heavy (non-hydrogen) atoms. The van der Waals surface area contributed by atoms with E-state index in [0.29, 0.717) is 0 Å². The highest BCUT2D eigenvalue weighted by Crippen LogP contribution is 2.40. The maximum atomic E-state index is 10.1. The third-order valence-electron chi connectivity index (χ3n) is 3.39. The van der Waals surface area contributed by atoms with E-state index >= 15 is 0 Å². The molecule has 84 valence electrons. The third-order valence-corrected chi connectivity index (χ3v) is 4.24. The van der Waals surface area contributed by atoms with Crippen LogP contribution in [0, 0.1) is 18.3 Å². The van der Waals surface area contributed by atoms with Gasteiger partial charge in [-0.05, 0) is 65.2 Å². The lowest BCUT2D eigenvalue weighted by molar-refractivity contribution is 0.463. The average molecular weight is 280 g/mol. The van der Waals surface area contributed by atoms with Crippen LogP contribution < -0.4 is 0 Å². The van der Waals surface area contributed by atoms with E-state index in [1.165, 1.54) is 24.0 Å². The molecule has 1 N–H and O–H groups in total. The van der Waals surface area contributed by atoms with Gasteiger partial charge in [-0.1, -0.05) is 0 Å². The first kappa shape index (κ1) is 11.5. The van der Waals surface area contributed by atoms with Crippen LogP contribution in [0.25, 0.3) is 0 Å². The van der Waals surface area contributed by atoms with Crippen LogP contribution in [-0.4, -0.2) is 5.11 Å². The molecule has 0 aromatic heterocycles. The van der Waals surface area contributed by atoms with Gasteiger partial charge in [-0.2, -0.15) is 5.26 Å². The molecule has 0 saturated carbocycles. The number of nitrogens with zero attached hydrogens (tertiary/aromatic N) is 1. The van der Waals surface area contributed by atoms with E-state index in [1.807, 2.05) is 6.92 Å². The summed E-state index contributed by atoms with van der Waals surface area (Å²) in [5, 5.41) is 18.9. The van der Waals surface area contributed by atoms with Gasteiger partial charge in [-0.3, -0.25) is 0 Å². The van der Waals surface area contributed by atoms with Gasteiger partial charge in [0.25, 0.3) is 0 Å². The van der Waals surface area contributed by atoms with Crippen LogP contribution in [0.15, 0.2) is 4.47 Å². The van der Waals surface area contributed by atoms with E-state index in [1.54, 1.807) is 0 Å². The second-order valence-corrected chi connectivity index (χ2v) is 5.06. The van der Waals surface area contributed by atoms with Gasteiger partial charge in [0, 0.05) is 5.56 Å². The van der Waals surface area contributed by atoms with E-state index in [4.69, 9.17) is 5.26 Å². The van der Waals surface area contributed by atoms with Crippen molar-refractivity contribution in [3.05, 3.63) is 26.7 Å². The molecule has 0 radical (unpaired) electrons. The van der Waals surface area contributed by atoms with Crippen molar-refractivity contribution in [2.24, 2.45) is 0 Å². The van der Waals surface area contributed by atoms with Crippen molar-refractivity contribution in [1.82, 2.24) is 0 Å². The summed E-state index contributed by atoms with van der Waals surface area (Å²) in [6.07, 6.45) is 4.76. The number of phenolic OH excluding ortho intramolecular Hbond substituents is 1. The third kappa shape index (κ3) is 1.72. The zero-order valence-corrected chi connectivity index (χ0v) is 10.9. The second-order valence-electron chi connectivity index (χ2n) is 4.27. The van der Waals surface area contributed by atoms with Crippen molar-refractivity contribution < 1.29 is 5.11 Å². The van der Waals surface area contributed by atoms with Crippen molar-refractivity contribution in [2.75, 3.05) is 0 Å². The topological polar surface area (TPSA) is 44.0 Å². The number of phenols is 1. The van der Waals surface area contributed by atoms with Crippen LogP contribution in [-0.2, 0) is 19.3 Å². The lowest BCUT2D eigenvalue weighted by atomic mass is 9.85. The number of hydrogen-bond donors (Lipinski definition) is 1. The molecule has 0 saturated heterocycles. The smallest absolute Gasteiger partial charge is 0.134 e. The second kappa shape index (κ2) is 4.47. The van der Waals surface area contributed by atoms with Crippen molar-refractivity contribution in [1.29, 1.82) is 5.26 Å². The lowest BCUT2D eigenvalue weighted by Gasteiger charge is -2.22. The van der Waals surface area contributed by atoms with Crippen molar-refractivity contribution in [2.45, 2.75) is 39.0 Å². The van der Waals surface area contributed by atoms with Crippen LogP contribution in [0.1, 0.15) is 35.1 Å². The number of aromatic hydroxyl groups is 1. The normalized spacial score (nSPS) is 14.3. The number of halogens is 1. The SMILES string of the molecule is Cc1c(CC#N)c(O)c(Br)c2c1CCCC2.